The molecule has 0 spiro atoms. The van der Waals surface area contributed by atoms with Gasteiger partial charge in [0.25, 0.3) is 5.89 Å². The van der Waals surface area contributed by atoms with Gasteiger partial charge in [-0.25, -0.2) is 0 Å². The summed E-state index contributed by atoms with van der Waals surface area (Å²) in [6.07, 6.45) is -1.03. The number of hydrogen-bond acceptors (Lipinski definition) is 5. The van der Waals surface area contributed by atoms with E-state index in [0.29, 0.717) is 22.5 Å². The van der Waals surface area contributed by atoms with Gasteiger partial charge in [0.15, 0.2) is 6.23 Å². The molecule has 1 atom stereocenters. The number of aliphatic hydroxyl groups is 1. The van der Waals surface area contributed by atoms with Gasteiger partial charge in [-0.2, -0.15) is 0 Å². The second-order valence-electron chi connectivity index (χ2n) is 5.85. The van der Waals surface area contributed by atoms with Gasteiger partial charge in [0.2, 0.25) is 5.89 Å². The zero-order valence-electron chi connectivity index (χ0n) is 13.8. The van der Waals surface area contributed by atoms with Crippen molar-refractivity contribution < 1.29 is 9.52 Å². The van der Waals surface area contributed by atoms with Crippen LogP contribution in [0.4, 0.5) is 0 Å². The molecule has 2 aromatic carbocycles. The molecule has 3 aromatic rings. The summed E-state index contributed by atoms with van der Waals surface area (Å²) in [6, 6.07) is 13.1. The number of aryl methyl sites for hydroxylation is 1. The average Bonchev–Trinajstić information content (AvgIpc) is 3.08. The SMILES string of the molecule is Cc1ccc(-c2nnc(C(O)N(C)Cc3ccc(Cl)c(Cl)c3)o2)cc1. The summed E-state index contributed by atoms with van der Waals surface area (Å²) in [4.78, 5) is 1.67. The number of aliphatic hydroxyl groups excluding tert-OH is 1. The summed E-state index contributed by atoms with van der Waals surface area (Å²) >= 11 is 11.9. The van der Waals surface area contributed by atoms with E-state index in [1.165, 1.54) is 0 Å². The molecule has 0 radical (unpaired) electrons. The van der Waals surface area contributed by atoms with Crippen molar-refractivity contribution in [3.63, 3.8) is 0 Å². The maximum Gasteiger partial charge on any atom is 0.260 e. The lowest BCUT2D eigenvalue weighted by Crippen LogP contribution is -2.24. The molecular formula is C18H17Cl2N3O2. The zero-order chi connectivity index (χ0) is 18.0. The quantitative estimate of drug-likeness (QED) is 0.664. The van der Waals surface area contributed by atoms with Gasteiger partial charge < -0.3 is 9.52 Å². The van der Waals surface area contributed by atoms with Crippen molar-refractivity contribution >= 4 is 23.2 Å². The van der Waals surface area contributed by atoms with Crippen molar-refractivity contribution in [2.45, 2.75) is 19.7 Å². The maximum absolute atomic E-state index is 10.4. The Kier molecular flexibility index (Phi) is 5.39. The molecule has 7 heteroatoms. The Morgan fingerprint density at radius 2 is 1.80 bits per heavy atom. The highest BCUT2D eigenvalue weighted by Crippen LogP contribution is 2.26. The number of nitrogens with zero attached hydrogens (tertiary/aromatic N) is 3. The summed E-state index contributed by atoms with van der Waals surface area (Å²) in [5.41, 5.74) is 2.86. The minimum atomic E-state index is -1.03. The van der Waals surface area contributed by atoms with Gasteiger partial charge in [-0.15, -0.1) is 10.2 Å². The Balaban J connectivity index is 1.72. The molecule has 1 unspecified atom stereocenters. The van der Waals surface area contributed by atoms with Crippen LogP contribution in [0.3, 0.4) is 0 Å². The Bertz CT molecular complexity index is 865. The predicted octanol–water partition coefficient (Wildman–Crippen LogP) is 4.47. The van der Waals surface area contributed by atoms with Gasteiger partial charge in [0.05, 0.1) is 10.0 Å². The first-order chi connectivity index (χ1) is 11.9. The third-order valence-corrected chi connectivity index (χ3v) is 4.53. The van der Waals surface area contributed by atoms with Crippen LogP contribution in [0, 0.1) is 6.92 Å². The number of rotatable bonds is 5. The lowest BCUT2D eigenvalue weighted by molar-refractivity contribution is -0.00558. The van der Waals surface area contributed by atoms with Crippen LogP contribution in [0.1, 0.15) is 23.2 Å². The highest BCUT2D eigenvalue weighted by atomic mass is 35.5. The maximum atomic E-state index is 10.4. The van der Waals surface area contributed by atoms with Crippen LogP contribution in [-0.4, -0.2) is 27.3 Å². The van der Waals surface area contributed by atoms with Crippen molar-refractivity contribution in [2.75, 3.05) is 7.05 Å². The fourth-order valence-corrected chi connectivity index (χ4v) is 2.67. The average molecular weight is 378 g/mol. The lowest BCUT2D eigenvalue weighted by Gasteiger charge is -2.20. The van der Waals surface area contributed by atoms with Crippen molar-refractivity contribution in [3.05, 3.63) is 69.5 Å². The van der Waals surface area contributed by atoms with Gasteiger partial charge in [0, 0.05) is 12.1 Å². The molecule has 5 nitrogen and oxygen atoms in total. The molecule has 3 rings (SSSR count). The van der Waals surface area contributed by atoms with Crippen LogP contribution in [0.2, 0.25) is 10.0 Å². The van der Waals surface area contributed by atoms with Crippen molar-refractivity contribution in [1.82, 2.24) is 15.1 Å². The summed E-state index contributed by atoms with van der Waals surface area (Å²) in [6.45, 7) is 2.45. The van der Waals surface area contributed by atoms with Crippen LogP contribution in [0.5, 0.6) is 0 Å². The third-order valence-electron chi connectivity index (χ3n) is 3.79. The van der Waals surface area contributed by atoms with E-state index in [9.17, 15) is 5.11 Å². The molecule has 1 aromatic heterocycles. The van der Waals surface area contributed by atoms with Gasteiger partial charge in [-0.1, -0.05) is 47.0 Å². The lowest BCUT2D eigenvalue weighted by atomic mass is 10.1. The predicted molar refractivity (Wildman–Crippen MR) is 97.4 cm³/mol. The van der Waals surface area contributed by atoms with E-state index in [1.807, 2.05) is 37.3 Å². The normalized spacial score (nSPS) is 12.6. The molecule has 0 saturated carbocycles. The van der Waals surface area contributed by atoms with Gasteiger partial charge >= 0.3 is 0 Å². The first kappa shape index (κ1) is 17.9. The van der Waals surface area contributed by atoms with E-state index >= 15 is 0 Å². The van der Waals surface area contributed by atoms with E-state index in [-0.39, 0.29) is 5.89 Å². The first-order valence-corrected chi connectivity index (χ1v) is 8.42. The van der Waals surface area contributed by atoms with E-state index < -0.39 is 6.23 Å². The topological polar surface area (TPSA) is 62.4 Å². The number of benzene rings is 2. The molecule has 0 fully saturated rings. The first-order valence-electron chi connectivity index (χ1n) is 7.66. The highest BCUT2D eigenvalue weighted by Gasteiger charge is 2.21. The van der Waals surface area contributed by atoms with E-state index in [4.69, 9.17) is 27.6 Å². The van der Waals surface area contributed by atoms with Crippen molar-refractivity contribution in [2.24, 2.45) is 0 Å². The number of aromatic nitrogens is 2. The molecule has 0 aliphatic rings. The molecule has 25 heavy (non-hydrogen) atoms. The second kappa shape index (κ2) is 7.54. The summed E-state index contributed by atoms with van der Waals surface area (Å²) < 4.78 is 5.61. The summed E-state index contributed by atoms with van der Waals surface area (Å²) in [7, 11) is 1.75. The minimum Gasteiger partial charge on any atom is -0.416 e. The number of hydrogen-bond donors (Lipinski definition) is 1. The zero-order valence-corrected chi connectivity index (χ0v) is 15.3. The van der Waals surface area contributed by atoms with Gasteiger partial charge in [0.1, 0.15) is 0 Å². The standard InChI is InChI=1S/C18H17Cl2N3O2/c1-11-3-6-13(7-4-11)16-21-22-17(25-16)18(24)23(2)10-12-5-8-14(19)15(20)9-12/h3-9,18,24H,10H2,1-2H3. The van der Waals surface area contributed by atoms with Crippen LogP contribution >= 0.6 is 23.2 Å². The largest absolute Gasteiger partial charge is 0.416 e. The molecule has 0 amide bonds. The second-order valence-corrected chi connectivity index (χ2v) is 6.66. The molecule has 0 aliphatic carbocycles. The van der Waals surface area contributed by atoms with Crippen LogP contribution < -0.4 is 0 Å². The monoisotopic (exact) mass is 377 g/mol. The third kappa shape index (κ3) is 4.19. The summed E-state index contributed by atoms with van der Waals surface area (Å²) in [5.74, 6) is 0.509. The Hall–Kier alpha value is -1.92. The van der Waals surface area contributed by atoms with Crippen molar-refractivity contribution in [1.29, 1.82) is 0 Å². The van der Waals surface area contributed by atoms with Crippen LogP contribution in [0.15, 0.2) is 46.9 Å². The fraction of sp³-hybridized carbons (Fsp3) is 0.222. The number of halogens is 2. The molecule has 1 heterocycles. The molecule has 0 aliphatic heterocycles. The molecule has 0 saturated heterocycles. The summed E-state index contributed by atoms with van der Waals surface area (Å²) in [5, 5.41) is 19.4. The van der Waals surface area contributed by atoms with Gasteiger partial charge in [-0.05, 0) is 43.8 Å². The van der Waals surface area contributed by atoms with Crippen LogP contribution in [-0.2, 0) is 6.54 Å². The van der Waals surface area contributed by atoms with E-state index in [1.54, 1.807) is 24.1 Å². The van der Waals surface area contributed by atoms with E-state index in [2.05, 4.69) is 10.2 Å². The molecule has 0 bridgehead atoms. The van der Waals surface area contributed by atoms with E-state index in [0.717, 1.165) is 16.7 Å². The van der Waals surface area contributed by atoms with Crippen molar-refractivity contribution in [3.8, 4) is 11.5 Å². The highest BCUT2D eigenvalue weighted by molar-refractivity contribution is 6.42. The Morgan fingerprint density at radius 1 is 1.08 bits per heavy atom. The minimum absolute atomic E-state index is 0.137. The Labute approximate surface area is 155 Å². The Morgan fingerprint density at radius 3 is 2.48 bits per heavy atom. The fourth-order valence-electron chi connectivity index (χ4n) is 2.35. The molecule has 1 N–H and O–H groups in total. The van der Waals surface area contributed by atoms with Crippen LogP contribution in [0.25, 0.3) is 11.5 Å². The molecular weight excluding hydrogens is 361 g/mol. The molecule has 130 valence electrons. The van der Waals surface area contributed by atoms with Gasteiger partial charge in [-0.3, -0.25) is 4.90 Å². The smallest absolute Gasteiger partial charge is 0.260 e.